The third-order valence-electron chi connectivity index (χ3n) is 9.64. The van der Waals surface area contributed by atoms with Gasteiger partial charge in [0.05, 0.1) is 11.4 Å². The molecule has 1 heterocycles. The molecule has 41 heavy (non-hydrogen) atoms. The second-order valence-electron chi connectivity index (χ2n) is 12.7. The molecule has 6 aromatic carbocycles. The third kappa shape index (κ3) is 3.42. The lowest BCUT2D eigenvalue weighted by atomic mass is 9.72. The molecule has 0 bridgehead atoms. The van der Waals surface area contributed by atoms with Gasteiger partial charge in [-0.25, -0.2) is 0 Å². The van der Waals surface area contributed by atoms with E-state index in [-0.39, 0.29) is 10.8 Å². The Hall–Kier alpha value is -4.62. The van der Waals surface area contributed by atoms with Crippen molar-refractivity contribution >= 4 is 27.8 Å². The van der Waals surface area contributed by atoms with Crippen LogP contribution in [0.3, 0.4) is 0 Å². The lowest BCUT2D eigenvalue weighted by Gasteiger charge is -2.42. The van der Waals surface area contributed by atoms with Crippen molar-refractivity contribution in [3.8, 4) is 22.3 Å². The van der Waals surface area contributed by atoms with E-state index in [9.17, 15) is 0 Å². The molecule has 8 rings (SSSR count). The molecule has 0 saturated carbocycles. The molecule has 0 aromatic heterocycles. The summed E-state index contributed by atoms with van der Waals surface area (Å²) in [5.74, 6) is 0. The van der Waals surface area contributed by atoms with Crippen molar-refractivity contribution in [1.82, 2.24) is 0 Å². The van der Waals surface area contributed by atoms with E-state index in [0.29, 0.717) is 0 Å². The fourth-order valence-corrected chi connectivity index (χ4v) is 7.36. The van der Waals surface area contributed by atoms with Crippen molar-refractivity contribution < 1.29 is 0 Å². The predicted octanol–water partition coefficient (Wildman–Crippen LogP) is 10.9. The smallest absolute Gasteiger partial charge is 0.0503 e. The molecule has 1 nitrogen and oxygen atoms in total. The fraction of sp³-hybridized carbons (Fsp3) is 0.150. The molecule has 0 radical (unpaired) electrons. The molecule has 0 saturated heterocycles. The Morgan fingerprint density at radius 1 is 0.415 bits per heavy atom. The molecular formula is C40H33N. The summed E-state index contributed by atoms with van der Waals surface area (Å²) in [7, 11) is 0. The summed E-state index contributed by atoms with van der Waals surface area (Å²) in [5, 5.41) is 2.55. The van der Waals surface area contributed by atoms with E-state index in [4.69, 9.17) is 0 Å². The first-order valence-electron chi connectivity index (χ1n) is 14.6. The molecular weight excluding hydrogens is 494 g/mol. The van der Waals surface area contributed by atoms with Gasteiger partial charge in [-0.15, -0.1) is 0 Å². The summed E-state index contributed by atoms with van der Waals surface area (Å²) in [4.78, 5) is 2.49. The summed E-state index contributed by atoms with van der Waals surface area (Å²) >= 11 is 0. The van der Waals surface area contributed by atoms with Crippen LogP contribution in [0.15, 0.2) is 127 Å². The van der Waals surface area contributed by atoms with E-state index < -0.39 is 0 Å². The van der Waals surface area contributed by atoms with Crippen LogP contribution >= 0.6 is 0 Å². The minimum atomic E-state index is -0.137. The van der Waals surface area contributed by atoms with Crippen LogP contribution in [0.1, 0.15) is 49.9 Å². The van der Waals surface area contributed by atoms with Crippen LogP contribution in [0.5, 0.6) is 0 Å². The summed E-state index contributed by atoms with van der Waals surface area (Å²) < 4.78 is 0. The number of hydrogen-bond donors (Lipinski definition) is 0. The van der Waals surface area contributed by atoms with Gasteiger partial charge in [0.1, 0.15) is 0 Å². The first-order chi connectivity index (χ1) is 19.8. The first kappa shape index (κ1) is 24.2. The Kier molecular flexibility index (Phi) is 4.98. The number of para-hydroxylation sites is 1. The molecule has 0 amide bonds. The summed E-state index contributed by atoms with van der Waals surface area (Å²) in [6.45, 7) is 9.46. The van der Waals surface area contributed by atoms with Crippen LogP contribution in [0.2, 0.25) is 0 Å². The largest absolute Gasteiger partial charge is 0.310 e. The van der Waals surface area contributed by atoms with Crippen LogP contribution in [-0.2, 0) is 10.8 Å². The zero-order valence-electron chi connectivity index (χ0n) is 24.1. The Balaban J connectivity index is 1.32. The van der Waals surface area contributed by atoms with Crippen LogP contribution in [0.4, 0.5) is 17.1 Å². The van der Waals surface area contributed by atoms with Gasteiger partial charge in [-0.1, -0.05) is 119 Å². The number of anilines is 3. The number of fused-ring (bicyclic) bond motifs is 6. The fourth-order valence-electron chi connectivity index (χ4n) is 7.36. The summed E-state index contributed by atoms with van der Waals surface area (Å²) in [5.41, 5.74) is 14.3. The minimum absolute atomic E-state index is 0.0424. The zero-order chi connectivity index (χ0) is 27.9. The van der Waals surface area contributed by atoms with Crippen LogP contribution in [0.25, 0.3) is 33.0 Å². The quantitative estimate of drug-likeness (QED) is 0.216. The van der Waals surface area contributed by atoms with E-state index >= 15 is 0 Å². The van der Waals surface area contributed by atoms with Crippen molar-refractivity contribution in [2.24, 2.45) is 0 Å². The van der Waals surface area contributed by atoms with E-state index in [1.807, 2.05) is 0 Å². The molecule has 6 aromatic rings. The van der Waals surface area contributed by atoms with Gasteiger partial charge in [0.15, 0.2) is 0 Å². The topological polar surface area (TPSA) is 3.24 Å². The molecule has 0 unspecified atom stereocenters. The van der Waals surface area contributed by atoms with Crippen molar-refractivity contribution in [3.63, 3.8) is 0 Å². The van der Waals surface area contributed by atoms with Gasteiger partial charge in [-0.05, 0) is 91.7 Å². The highest BCUT2D eigenvalue weighted by Gasteiger charge is 2.39. The van der Waals surface area contributed by atoms with Gasteiger partial charge in [-0.3, -0.25) is 0 Å². The van der Waals surface area contributed by atoms with Gasteiger partial charge in [-0.2, -0.15) is 0 Å². The Labute approximate surface area is 242 Å². The Morgan fingerprint density at radius 3 is 1.88 bits per heavy atom. The van der Waals surface area contributed by atoms with Gasteiger partial charge >= 0.3 is 0 Å². The lowest BCUT2D eigenvalue weighted by Crippen LogP contribution is -2.30. The molecule has 0 fully saturated rings. The number of hydrogen-bond acceptors (Lipinski definition) is 1. The predicted molar refractivity (Wildman–Crippen MR) is 174 cm³/mol. The van der Waals surface area contributed by atoms with Crippen LogP contribution in [0, 0.1) is 0 Å². The zero-order valence-corrected chi connectivity index (χ0v) is 24.1. The van der Waals surface area contributed by atoms with Gasteiger partial charge in [0.25, 0.3) is 0 Å². The third-order valence-corrected chi connectivity index (χ3v) is 9.64. The molecule has 0 spiro atoms. The highest BCUT2D eigenvalue weighted by atomic mass is 15.2. The Morgan fingerprint density at radius 2 is 1.02 bits per heavy atom. The minimum Gasteiger partial charge on any atom is -0.310 e. The average molecular weight is 528 g/mol. The van der Waals surface area contributed by atoms with Gasteiger partial charge < -0.3 is 4.90 Å². The maximum atomic E-state index is 2.49. The second kappa shape index (κ2) is 8.44. The molecule has 0 atom stereocenters. The summed E-state index contributed by atoms with van der Waals surface area (Å²) in [6.07, 6.45) is 0. The van der Waals surface area contributed by atoms with E-state index in [1.165, 1.54) is 72.3 Å². The van der Waals surface area contributed by atoms with Crippen molar-refractivity contribution in [3.05, 3.63) is 150 Å². The molecule has 1 aliphatic carbocycles. The number of rotatable bonds is 2. The molecule has 198 valence electrons. The number of benzene rings is 6. The SMILES string of the molecule is CC1(C)c2ccccc2-c2ccc(N3c4ccccc4C(C)(C)c4cc(-c5ccc6ccccc6c5)ccc43)cc21. The normalized spacial score (nSPS) is 15.7. The standard InChI is InChI=1S/C40H33N/c1-39(2)33-14-8-7-13-31(33)32-21-20-30(25-35(32)39)41-37-16-10-9-15-34(37)40(3,4)36-24-29(19-22-38(36)41)28-18-17-26-11-5-6-12-27(26)23-28/h5-25H,1-4H3. The van der Waals surface area contributed by atoms with E-state index in [1.54, 1.807) is 0 Å². The highest BCUT2D eigenvalue weighted by molar-refractivity contribution is 5.92. The Bertz CT molecular complexity index is 2010. The highest BCUT2D eigenvalue weighted by Crippen LogP contribution is 2.55. The molecule has 1 heteroatoms. The van der Waals surface area contributed by atoms with Gasteiger partial charge in [0.2, 0.25) is 0 Å². The number of nitrogens with zero attached hydrogens (tertiary/aromatic N) is 1. The average Bonchev–Trinajstić information content (AvgIpc) is 3.23. The van der Waals surface area contributed by atoms with E-state index in [0.717, 1.165) is 0 Å². The monoisotopic (exact) mass is 527 g/mol. The van der Waals surface area contributed by atoms with E-state index in [2.05, 4.69) is 160 Å². The van der Waals surface area contributed by atoms with Crippen molar-refractivity contribution in [1.29, 1.82) is 0 Å². The van der Waals surface area contributed by atoms with Crippen LogP contribution in [-0.4, -0.2) is 0 Å². The molecule has 2 aliphatic rings. The van der Waals surface area contributed by atoms with Crippen molar-refractivity contribution in [2.45, 2.75) is 38.5 Å². The molecule has 0 N–H and O–H groups in total. The second-order valence-corrected chi connectivity index (χ2v) is 12.7. The maximum Gasteiger partial charge on any atom is 0.0503 e. The molecule has 1 aliphatic heterocycles. The first-order valence-corrected chi connectivity index (χ1v) is 14.6. The summed E-state index contributed by atoms with van der Waals surface area (Å²) in [6, 6.07) is 47.4. The van der Waals surface area contributed by atoms with Gasteiger partial charge in [0, 0.05) is 16.5 Å². The maximum absolute atomic E-state index is 2.49. The van der Waals surface area contributed by atoms with Crippen LogP contribution < -0.4 is 4.90 Å². The lowest BCUT2D eigenvalue weighted by molar-refractivity contribution is 0.632. The van der Waals surface area contributed by atoms with Crippen molar-refractivity contribution in [2.75, 3.05) is 4.90 Å².